The summed E-state index contributed by atoms with van der Waals surface area (Å²) in [6.45, 7) is 0.586. The molecule has 0 aromatic carbocycles. The number of amides is 2. The van der Waals surface area contributed by atoms with E-state index >= 15 is 0 Å². The Balaban J connectivity index is 2.39. The Hall–Kier alpha value is -0.820. The first-order valence-electron chi connectivity index (χ1n) is 6.38. The smallest absolute Gasteiger partial charge is 0.309 e. The van der Waals surface area contributed by atoms with E-state index in [2.05, 4.69) is 29.1 Å². The van der Waals surface area contributed by atoms with Gasteiger partial charge in [0, 0.05) is 11.3 Å². The van der Waals surface area contributed by atoms with Crippen LogP contribution >= 0.6 is 24.0 Å². The molecule has 4 N–H and O–H groups in total. The Morgan fingerprint density at radius 2 is 1.79 bits per heavy atom. The predicted octanol–water partition coefficient (Wildman–Crippen LogP) is 0.571. The van der Waals surface area contributed by atoms with Gasteiger partial charge in [0.25, 0.3) is 0 Å². The average molecular weight is 303 g/mol. The number of nitrogens with one attached hydrogen (secondary N) is 2. The third-order valence-corrected chi connectivity index (χ3v) is 4.96. The SMILES string of the molecule is CSC1(CNC(=O)C(=O)NCC(N)=S)CCCCC1. The minimum Gasteiger partial charge on any atom is -0.392 e. The normalized spacial score (nSPS) is 17.5. The molecule has 0 saturated heterocycles. The summed E-state index contributed by atoms with van der Waals surface area (Å²) in [5.41, 5.74) is 5.26. The zero-order chi connectivity index (χ0) is 14.3. The van der Waals surface area contributed by atoms with Crippen molar-refractivity contribution >= 4 is 40.8 Å². The first-order valence-corrected chi connectivity index (χ1v) is 8.02. The lowest BCUT2D eigenvalue weighted by atomic mass is 9.88. The van der Waals surface area contributed by atoms with E-state index in [1.54, 1.807) is 11.8 Å². The van der Waals surface area contributed by atoms with Crippen molar-refractivity contribution in [3.8, 4) is 0 Å². The topological polar surface area (TPSA) is 84.2 Å². The number of nitrogens with two attached hydrogens (primary N) is 1. The second kappa shape index (κ2) is 7.69. The highest BCUT2D eigenvalue weighted by Crippen LogP contribution is 2.37. The van der Waals surface area contributed by atoms with Crippen LogP contribution in [0.15, 0.2) is 0 Å². The van der Waals surface area contributed by atoms with E-state index in [0.717, 1.165) is 12.8 Å². The van der Waals surface area contributed by atoms with Crippen LogP contribution in [-0.2, 0) is 9.59 Å². The van der Waals surface area contributed by atoms with E-state index < -0.39 is 11.8 Å². The van der Waals surface area contributed by atoms with Crippen molar-refractivity contribution in [1.82, 2.24) is 10.6 Å². The quantitative estimate of drug-likeness (QED) is 0.511. The standard InChI is InChI=1S/C12H21N3O2S2/c1-19-12(5-3-2-4-6-12)8-15-11(17)10(16)14-7-9(13)18/h2-8H2,1H3,(H2,13,18)(H,14,16)(H,15,17). The third-order valence-electron chi connectivity index (χ3n) is 3.40. The van der Waals surface area contributed by atoms with E-state index in [4.69, 9.17) is 5.73 Å². The molecule has 0 spiro atoms. The van der Waals surface area contributed by atoms with Crippen LogP contribution in [0, 0.1) is 0 Å². The monoisotopic (exact) mass is 303 g/mol. The van der Waals surface area contributed by atoms with Crippen molar-refractivity contribution in [3.05, 3.63) is 0 Å². The Bertz CT molecular complexity index is 355. The number of hydrogen-bond acceptors (Lipinski definition) is 4. The molecule has 0 atom stereocenters. The highest BCUT2D eigenvalue weighted by atomic mass is 32.2. The largest absolute Gasteiger partial charge is 0.392 e. The molecule has 108 valence electrons. The minimum atomic E-state index is -0.681. The molecule has 0 aromatic rings. The van der Waals surface area contributed by atoms with Crippen LogP contribution in [0.3, 0.4) is 0 Å². The highest BCUT2D eigenvalue weighted by molar-refractivity contribution is 8.00. The van der Waals surface area contributed by atoms with Gasteiger partial charge < -0.3 is 16.4 Å². The molecule has 19 heavy (non-hydrogen) atoms. The molecule has 7 heteroatoms. The number of carbonyl (C=O) groups is 2. The Labute approximate surface area is 123 Å². The van der Waals surface area contributed by atoms with Crippen molar-refractivity contribution in [2.75, 3.05) is 19.3 Å². The fourth-order valence-corrected chi connectivity index (χ4v) is 3.20. The van der Waals surface area contributed by atoms with E-state index in [1.165, 1.54) is 19.3 Å². The van der Waals surface area contributed by atoms with Gasteiger partial charge in [-0.2, -0.15) is 11.8 Å². The first kappa shape index (κ1) is 16.2. The molecule has 1 fully saturated rings. The van der Waals surface area contributed by atoms with Gasteiger partial charge >= 0.3 is 11.8 Å². The highest BCUT2D eigenvalue weighted by Gasteiger charge is 2.32. The summed E-state index contributed by atoms with van der Waals surface area (Å²) in [6, 6.07) is 0. The number of thiocarbonyl (C=S) groups is 1. The Morgan fingerprint density at radius 3 is 2.32 bits per heavy atom. The van der Waals surface area contributed by atoms with Crippen LogP contribution in [0.1, 0.15) is 32.1 Å². The maximum absolute atomic E-state index is 11.6. The van der Waals surface area contributed by atoms with Gasteiger partial charge in [0.05, 0.1) is 11.5 Å². The molecule has 2 amide bonds. The lowest BCUT2D eigenvalue weighted by molar-refractivity contribution is -0.139. The van der Waals surface area contributed by atoms with Gasteiger partial charge in [-0.05, 0) is 19.1 Å². The molecule has 1 saturated carbocycles. The summed E-state index contributed by atoms with van der Waals surface area (Å²) in [6.07, 6.45) is 7.86. The fraction of sp³-hybridized carbons (Fsp3) is 0.750. The number of rotatable bonds is 5. The van der Waals surface area contributed by atoms with Crippen LogP contribution < -0.4 is 16.4 Å². The molecule has 0 aromatic heterocycles. The number of carbonyl (C=O) groups excluding carboxylic acids is 2. The second-order valence-electron chi connectivity index (χ2n) is 4.78. The van der Waals surface area contributed by atoms with Crippen LogP contribution in [0.25, 0.3) is 0 Å². The van der Waals surface area contributed by atoms with Gasteiger partial charge in [-0.25, -0.2) is 0 Å². The second-order valence-corrected chi connectivity index (χ2v) is 6.58. The van der Waals surface area contributed by atoms with Gasteiger partial charge in [0.1, 0.15) is 0 Å². The molecule has 5 nitrogen and oxygen atoms in total. The molecule has 1 aliphatic carbocycles. The van der Waals surface area contributed by atoms with Crippen LogP contribution in [-0.4, -0.2) is 40.9 Å². The summed E-state index contributed by atoms with van der Waals surface area (Å²) in [7, 11) is 0. The average Bonchev–Trinajstić information content (AvgIpc) is 2.43. The van der Waals surface area contributed by atoms with Gasteiger partial charge in [0.15, 0.2) is 0 Å². The van der Waals surface area contributed by atoms with Gasteiger partial charge in [-0.3, -0.25) is 9.59 Å². The molecule has 0 bridgehead atoms. The van der Waals surface area contributed by atoms with Crippen LogP contribution in [0.2, 0.25) is 0 Å². The number of hydrogen-bond donors (Lipinski definition) is 3. The van der Waals surface area contributed by atoms with Gasteiger partial charge in [-0.15, -0.1) is 0 Å². The Morgan fingerprint density at radius 1 is 1.21 bits per heavy atom. The summed E-state index contributed by atoms with van der Waals surface area (Å²) in [4.78, 5) is 23.3. The van der Waals surface area contributed by atoms with E-state index in [1.807, 2.05) is 0 Å². The van der Waals surface area contributed by atoms with Crippen molar-refractivity contribution in [2.24, 2.45) is 5.73 Å². The van der Waals surface area contributed by atoms with E-state index in [0.29, 0.717) is 6.54 Å². The molecular weight excluding hydrogens is 282 g/mol. The summed E-state index contributed by atoms with van der Waals surface area (Å²) >= 11 is 6.41. The minimum absolute atomic E-state index is 0.0509. The molecular formula is C12H21N3O2S2. The van der Waals surface area contributed by atoms with E-state index in [9.17, 15) is 9.59 Å². The van der Waals surface area contributed by atoms with Crippen molar-refractivity contribution in [2.45, 2.75) is 36.9 Å². The van der Waals surface area contributed by atoms with E-state index in [-0.39, 0.29) is 16.3 Å². The third kappa shape index (κ3) is 5.36. The van der Waals surface area contributed by atoms with Crippen molar-refractivity contribution < 1.29 is 9.59 Å². The maximum Gasteiger partial charge on any atom is 0.309 e. The van der Waals surface area contributed by atoms with Crippen molar-refractivity contribution in [1.29, 1.82) is 0 Å². The molecule has 0 unspecified atom stereocenters. The van der Waals surface area contributed by atoms with Crippen molar-refractivity contribution in [3.63, 3.8) is 0 Å². The lowest BCUT2D eigenvalue weighted by Gasteiger charge is -2.35. The summed E-state index contributed by atoms with van der Waals surface area (Å²) < 4.78 is 0.0807. The zero-order valence-electron chi connectivity index (χ0n) is 11.2. The van der Waals surface area contributed by atoms with Gasteiger partial charge in [-0.1, -0.05) is 31.5 Å². The molecule has 0 radical (unpaired) electrons. The fourth-order valence-electron chi connectivity index (χ4n) is 2.22. The Kier molecular flexibility index (Phi) is 6.57. The maximum atomic E-state index is 11.6. The molecule has 1 aliphatic rings. The van der Waals surface area contributed by atoms with Crippen LogP contribution in [0.4, 0.5) is 0 Å². The molecule has 0 heterocycles. The molecule has 0 aliphatic heterocycles. The predicted molar refractivity (Wildman–Crippen MR) is 82.1 cm³/mol. The van der Waals surface area contributed by atoms with Gasteiger partial charge in [0.2, 0.25) is 0 Å². The number of thioether (sulfide) groups is 1. The summed E-state index contributed by atoms with van der Waals surface area (Å²) in [5, 5.41) is 5.09. The summed E-state index contributed by atoms with van der Waals surface area (Å²) in [5.74, 6) is -1.30. The van der Waals surface area contributed by atoms with Crippen LogP contribution in [0.5, 0.6) is 0 Å². The molecule has 1 rings (SSSR count). The lowest BCUT2D eigenvalue weighted by Crippen LogP contribution is -2.48. The zero-order valence-corrected chi connectivity index (χ0v) is 12.8. The first-order chi connectivity index (χ1) is 8.99.